The Bertz CT molecular complexity index is 279. The molecule has 1 rings (SSSR count). The fourth-order valence-electron chi connectivity index (χ4n) is 2.46. The third-order valence-corrected chi connectivity index (χ3v) is 3.38. The predicted octanol–water partition coefficient (Wildman–Crippen LogP) is 0.725. The summed E-state index contributed by atoms with van der Waals surface area (Å²) in [7, 11) is 3.79. The number of amides is 1. The fraction of sp³-hybridized carbons (Fsp3) is 0.769. The second kappa shape index (κ2) is 6.17. The molecule has 0 aromatic carbocycles. The van der Waals surface area contributed by atoms with Crippen LogP contribution in [0.3, 0.4) is 0 Å². The van der Waals surface area contributed by atoms with Crippen LogP contribution in [0.15, 0.2) is 12.7 Å². The van der Waals surface area contributed by atoms with E-state index in [-0.39, 0.29) is 17.9 Å². The van der Waals surface area contributed by atoms with Gasteiger partial charge in [-0.05, 0) is 33.4 Å². The summed E-state index contributed by atoms with van der Waals surface area (Å²) in [5.74, 6) is 0.150. The number of hydrogen-bond donors (Lipinski definition) is 1. The second-order valence-electron chi connectivity index (χ2n) is 5.31. The number of likely N-dealkylation sites (tertiary alicyclic amines) is 1. The average Bonchev–Trinajstić information content (AvgIpc) is 2.29. The predicted molar refractivity (Wildman–Crippen MR) is 68.7 cm³/mol. The van der Waals surface area contributed by atoms with Crippen LogP contribution in [-0.2, 0) is 4.79 Å². The lowest BCUT2D eigenvalue weighted by Crippen LogP contribution is -2.49. The first-order valence-corrected chi connectivity index (χ1v) is 6.17. The molecule has 17 heavy (non-hydrogen) atoms. The number of likely N-dealkylation sites (N-methyl/N-ethyl adjacent to an activating group) is 1. The van der Waals surface area contributed by atoms with Gasteiger partial charge < -0.3 is 14.9 Å². The summed E-state index contributed by atoms with van der Waals surface area (Å²) in [6, 6.07) is 0. The van der Waals surface area contributed by atoms with Gasteiger partial charge in [0.2, 0.25) is 5.91 Å². The lowest BCUT2D eigenvalue weighted by molar-refractivity contribution is -0.136. The van der Waals surface area contributed by atoms with Crippen LogP contribution in [0.5, 0.6) is 0 Å². The average molecular weight is 240 g/mol. The van der Waals surface area contributed by atoms with E-state index in [2.05, 4.69) is 6.58 Å². The van der Waals surface area contributed by atoms with E-state index in [1.807, 2.05) is 30.0 Å². The Morgan fingerprint density at radius 3 is 2.82 bits per heavy atom. The number of rotatable bonds is 5. The molecule has 4 nitrogen and oxygen atoms in total. The van der Waals surface area contributed by atoms with Gasteiger partial charge in [0.1, 0.15) is 0 Å². The van der Waals surface area contributed by atoms with E-state index in [4.69, 9.17) is 0 Å². The number of carbonyl (C=O) groups excluding carboxylic acids is 1. The van der Waals surface area contributed by atoms with Crippen LogP contribution in [-0.4, -0.2) is 61.2 Å². The maximum atomic E-state index is 12.0. The van der Waals surface area contributed by atoms with Gasteiger partial charge in [-0.25, -0.2) is 0 Å². The molecule has 0 aromatic heterocycles. The van der Waals surface area contributed by atoms with Crippen LogP contribution >= 0.6 is 0 Å². The third kappa shape index (κ3) is 3.82. The van der Waals surface area contributed by atoms with Crippen molar-refractivity contribution in [3.8, 4) is 0 Å². The SMILES string of the molecule is C=CC[C@]1(CO)CCCN(C(=O)CN(C)C)C1. The van der Waals surface area contributed by atoms with Crippen LogP contribution in [0.25, 0.3) is 0 Å². The van der Waals surface area contributed by atoms with E-state index in [9.17, 15) is 9.90 Å². The number of piperidine rings is 1. The first kappa shape index (κ1) is 14.2. The van der Waals surface area contributed by atoms with Crippen molar-refractivity contribution in [1.82, 2.24) is 9.80 Å². The maximum Gasteiger partial charge on any atom is 0.236 e. The number of aliphatic hydroxyl groups is 1. The lowest BCUT2D eigenvalue weighted by atomic mass is 9.78. The summed E-state index contributed by atoms with van der Waals surface area (Å²) in [6.07, 6.45) is 4.56. The molecule has 1 N–H and O–H groups in total. The van der Waals surface area contributed by atoms with Crippen LogP contribution in [0.4, 0.5) is 0 Å². The minimum atomic E-state index is -0.165. The van der Waals surface area contributed by atoms with Gasteiger partial charge in [0.05, 0.1) is 13.2 Å². The standard InChI is InChI=1S/C13H24N2O2/c1-4-6-13(11-16)7-5-8-15(10-13)12(17)9-14(2)3/h4,16H,1,5-11H2,2-3H3/t13-/m0/s1. The van der Waals surface area contributed by atoms with Gasteiger partial charge in [0.15, 0.2) is 0 Å². The summed E-state index contributed by atoms with van der Waals surface area (Å²) < 4.78 is 0. The molecule has 1 atom stereocenters. The van der Waals surface area contributed by atoms with E-state index < -0.39 is 0 Å². The Hall–Kier alpha value is -0.870. The molecule has 1 fully saturated rings. The Morgan fingerprint density at radius 1 is 1.59 bits per heavy atom. The third-order valence-electron chi connectivity index (χ3n) is 3.38. The van der Waals surface area contributed by atoms with Gasteiger partial charge in [-0.2, -0.15) is 0 Å². The largest absolute Gasteiger partial charge is 0.396 e. The van der Waals surface area contributed by atoms with Crippen molar-refractivity contribution in [3.63, 3.8) is 0 Å². The maximum absolute atomic E-state index is 12.0. The second-order valence-corrected chi connectivity index (χ2v) is 5.31. The summed E-state index contributed by atoms with van der Waals surface area (Å²) in [5, 5.41) is 9.56. The van der Waals surface area contributed by atoms with Crippen LogP contribution in [0.2, 0.25) is 0 Å². The van der Waals surface area contributed by atoms with E-state index in [0.717, 1.165) is 25.8 Å². The number of allylic oxidation sites excluding steroid dienone is 1. The summed E-state index contributed by atoms with van der Waals surface area (Å²) in [6.45, 7) is 5.78. The van der Waals surface area contributed by atoms with Crippen LogP contribution < -0.4 is 0 Å². The summed E-state index contributed by atoms with van der Waals surface area (Å²) in [4.78, 5) is 15.8. The Kier molecular flexibility index (Phi) is 5.15. The van der Waals surface area contributed by atoms with E-state index in [1.165, 1.54) is 0 Å². The van der Waals surface area contributed by atoms with Crippen molar-refractivity contribution >= 4 is 5.91 Å². The molecule has 1 aliphatic heterocycles. The molecule has 1 heterocycles. The van der Waals surface area contributed by atoms with Crippen LogP contribution in [0.1, 0.15) is 19.3 Å². The lowest BCUT2D eigenvalue weighted by Gasteiger charge is -2.41. The zero-order valence-corrected chi connectivity index (χ0v) is 11.0. The number of hydrogen-bond acceptors (Lipinski definition) is 3. The smallest absolute Gasteiger partial charge is 0.236 e. The Labute approximate surface area is 104 Å². The summed E-state index contributed by atoms with van der Waals surface area (Å²) >= 11 is 0. The van der Waals surface area contributed by atoms with Crippen molar-refractivity contribution in [2.24, 2.45) is 5.41 Å². The molecule has 0 radical (unpaired) electrons. The van der Waals surface area contributed by atoms with E-state index in [0.29, 0.717) is 13.1 Å². The van der Waals surface area contributed by atoms with Crippen molar-refractivity contribution in [1.29, 1.82) is 0 Å². The fourth-order valence-corrected chi connectivity index (χ4v) is 2.46. The van der Waals surface area contributed by atoms with Crippen molar-refractivity contribution in [3.05, 3.63) is 12.7 Å². The van der Waals surface area contributed by atoms with E-state index in [1.54, 1.807) is 0 Å². The van der Waals surface area contributed by atoms with Crippen molar-refractivity contribution in [2.45, 2.75) is 19.3 Å². The highest BCUT2D eigenvalue weighted by atomic mass is 16.3. The summed E-state index contributed by atoms with van der Waals surface area (Å²) in [5.41, 5.74) is -0.165. The van der Waals surface area contributed by atoms with Crippen LogP contribution in [0, 0.1) is 5.41 Å². The van der Waals surface area contributed by atoms with Gasteiger partial charge in [-0.1, -0.05) is 6.08 Å². The van der Waals surface area contributed by atoms with Gasteiger partial charge in [-0.15, -0.1) is 6.58 Å². The van der Waals surface area contributed by atoms with Gasteiger partial charge >= 0.3 is 0 Å². The molecule has 0 spiro atoms. The molecule has 1 amide bonds. The van der Waals surface area contributed by atoms with Gasteiger partial charge in [0.25, 0.3) is 0 Å². The molecular weight excluding hydrogens is 216 g/mol. The molecule has 98 valence electrons. The zero-order valence-electron chi connectivity index (χ0n) is 11.0. The molecule has 1 aliphatic rings. The quantitative estimate of drug-likeness (QED) is 0.720. The highest BCUT2D eigenvalue weighted by Gasteiger charge is 2.35. The zero-order chi connectivity index (χ0) is 12.9. The molecule has 1 saturated heterocycles. The number of nitrogens with zero attached hydrogens (tertiary/aromatic N) is 2. The minimum Gasteiger partial charge on any atom is -0.396 e. The highest BCUT2D eigenvalue weighted by Crippen LogP contribution is 2.33. The molecule has 0 aromatic rings. The first-order chi connectivity index (χ1) is 8.03. The molecule has 0 aliphatic carbocycles. The molecule has 0 saturated carbocycles. The normalized spacial score (nSPS) is 25.1. The monoisotopic (exact) mass is 240 g/mol. The highest BCUT2D eigenvalue weighted by molar-refractivity contribution is 5.78. The molecular formula is C13H24N2O2. The number of aliphatic hydroxyl groups excluding tert-OH is 1. The van der Waals surface area contributed by atoms with Gasteiger partial charge in [-0.3, -0.25) is 4.79 Å². The molecule has 4 heteroatoms. The van der Waals surface area contributed by atoms with Crippen molar-refractivity contribution < 1.29 is 9.90 Å². The first-order valence-electron chi connectivity index (χ1n) is 6.17. The Balaban J connectivity index is 2.64. The molecule has 0 unspecified atom stereocenters. The van der Waals surface area contributed by atoms with E-state index >= 15 is 0 Å². The van der Waals surface area contributed by atoms with Crippen molar-refractivity contribution in [2.75, 3.05) is 40.3 Å². The number of carbonyl (C=O) groups is 1. The molecule has 0 bridgehead atoms. The topological polar surface area (TPSA) is 43.8 Å². The Morgan fingerprint density at radius 2 is 2.29 bits per heavy atom. The minimum absolute atomic E-state index is 0.130. The van der Waals surface area contributed by atoms with Gasteiger partial charge in [0, 0.05) is 18.5 Å².